The fourth-order valence-corrected chi connectivity index (χ4v) is 2.53. The van der Waals surface area contributed by atoms with Gasteiger partial charge in [-0.3, -0.25) is 10.1 Å². The van der Waals surface area contributed by atoms with E-state index in [4.69, 9.17) is 4.74 Å². The molecule has 0 radical (unpaired) electrons. The molecule has 0 aliphatic carbocycles. The summed E-state index contributed by atoms with van der Waals surface area (Å²) in [5.41, 5.74) is 1.64. The van der Waals surface area contributed by atoms with Gasteiger partial charge < -0.3 is 15.4 Å². The molecule has 21 heavy (non-hydrogen) atoms. The van der Waals surface area contributed by atoms with Gasteiger partial charge in [-0.1, -0.05) is 12.1 Å². The normalized spacial score (nSPS) is 15.9. The third-order valence-corrected chi connectivity index (χ3v) is 3.71. The molecule has 0 amide bonds. The fourth-order valence-electron chi connectivity index (χ4n) is 2.53. The first-order valence-corrected chi connectivity index (χ1v) is 7.48. The van der Waals surface area contributed by atoms with E-state index in [-0.39, 0.29) is 10.6 Å². The van der Waals surface area contributed by atoms with Crippen LogP contribution in [0.1, 0.15) is 24.8 Å². The molecule has 1 fully saturated rings. The Bertz CT molecular complexity index is 473. The number of nitro groups is 1. The molecule has 0 unspecified atom stereocenters. The highest BCUT2D eigenvalue weighted by Crippen LogP contribution is 2.27. The molecule has 1 aliphatic rings. The van der Waals surface area contributed by atoms with E-state index in [1.54, 1.807) is 6.07 Å². The SMILES string of the molecule is Cc1cccc([N+](=O)[O-])c1NCCCOC1CCNCC1. The van der Waals surface area contributed by atoms with E-state index in [9.17, 15) is 10.1 Å². The highest BCUT2D eigenvalue weighted by atomic mass is 16.6. The molecular formula is C15H23N3O3. The molecule has 2 rings (SSSR count). The van der Waals surface area contributed by atoms with Gasteiger partial charge in [-0.05, 0) is 44.8 Å². The third kappa shape index (κ3) is 4.68. The Balaban J connectivity index is 1.74. The average Bonchev–Trinajstić information content (AvgIpc) is 2.49. The summed E-state index contributed by atoms with van der Waals surface area (Å²) in [7, 11) is 0. The fraction of sp³-hybridized carbons (Fsp3) is 0.600. The second kappa shape index (κ2) is 7.95. The molecule has 1 aromatic carbocycles. The summed E-state index contributed by atoms with van der Waals surface area (Å²) in [4.78, 5) is 10.7. The minimum atomic E-state index is -0.346. The van der Waals surface area contributed by atoms with Gasteiger partial charge in [0.25, 0.3) is 5.69 Å². The number of rotatable bonds is 7. The first kappa shape index (κ1) is 15.7. The van der Waals surface area contributed by atoms with Crippen LogP contribution in [0.3, 0.4) is 0 Å². The first-order chi connectivity index (χ1) is 10.2. The Morgan fingerprint density at radius 1 is 1.43 bits per heavy atom. The molecule has 116 valence electrons. The van der Waals surface area contributed by atoms with Crippen LogP contribution in [-0.4, -0.2) is 37.3 Å². The zero-order valence-electron chi connectivity index (χ0n) is 12.4. The molecule has 6 nitrogen and oxygen atoms in total. The average molecular weight is 293 g/mol. The number of nitro benzene ring substituents is 1. The van der Waals surface area contributed by atoms with Crippen molar-refractivity contribution in [3.63, 3.8) is 0 Å². The molecule has 1 aromatic rings. The number of benzene rings is 1. The van der Waals surface area contributed by atoms with Crippen LogP contribution in [0.15, 0.2) is 18.2 Å². The molecule has 0 saturated carbocycles. The summed E-state index contributed by atoms with van der Waals surface area (Å²) in [6.45, 7) is 5.30. The van der Waals surface area contributed by atoms with Gasteiger partial charge in [-0.25, -0.2) is 0 Å². The molecule has 0 atom stereocenters. The smallest absolute Gasteiger partial charge is 0.292 e. The van der Waals surface area contributed by atoms with Crippen LogP contribution in [0.5, 0.6) is 0 Å². The van der Waals surface area contributed by atoms with Crippen molar-refractivity contribution in [2.24, 2.45) is 0 Å². The minimum absolute atomic E-state index is 0.134. The molecule has 1 heterocycles. The summed E-state index contributed by atoms with van der Waals surface area (Å²) in [6, 6.07) is 5.11. The number of aryl methyl sites for hydroxylation is 1. The highest BCUT2D eigenvalue weighted by Gasteiger charge is 2.15. The molecule has 1 saturated heterocycles. The van der Waals surface area contributed by atoms with Crippen molar-refractivity contribution in [1.29, 1.82) is 0 Å². The van der Waals surface area contributed by atoms with E-state index < -0.39 is 0 Å². The van der Waals surface area contributed by atoms with Gasteiger partial charge in [0.2, 0.25) is 0 Å². The zero-order valence-corrected chi connectivity index (χ0v) is 12.4. The lowest BCUT2D eigenvalue weighted by Gasteiger charge is -2.23. The maximum atomic E-state index is 11.0. The molecule has 0 bridgehead atoms. The number of nitrogens with zero attached hydrogens (tertiary/aromatic N) is 1. The highest BCUT2D eigenvalue weighted by molar-refractivity contribution is 5.65. The maximum Gasteiger partial charge on any atom is 0.292 e. The second-order valence-electron chi connectivity index (χ2n) is 5.33. The molecule has 0 spiro atoms. The van der Waals surface area contributed by atoms with Gasteiger partial charge in [0.1, 0.15) is 5.69 Å². The van der Waals surface area contributed by atoms with E-state index >= 15 is 0 Å². The number of piperidine rings is 1. The largest absolute Gasteiger partial charge is 0.379 e. The van der Waals surface area contributed by atoms with Gasteiger partial charge in [0, 0.05) is 19.2 Å². The summed E-state index contributed by atoms with van der Waals surface area (Å²) >= 11 is 0. The van der Waals surface area contributed by atoms with Crippen molar-refractivity contribution in [1.82, 2.24) is 5.32 Å². The van der Waals surface area contributed by atoms with Crippen molar-refractivity contribution < 1.29 is 9.66 Å². The Morgan fingerprint density at radius 3 is 2.90 bits per heavy atom. The van der Waals surface area contributed by atoms with E-state index in [1.807, 2.05) is 13.0 Å². The minimum Gasteiger partial charge on any atom is -0.379 e. The Labute approximate surface area is 125 Å². The number of hydrogen-bond donors (Lipinski definition) is 2. The standard InChI is InChI=1S/C15H23N3O3/c1-12-4-2-5-14(18(19)20)15(12)17-8-3-11-21-13-6-9-16-10-7-13/h2,4-5,13,16-17H,3,6-11H2,1H3. The van der Waals surface area contributed by atoms with Gasteiger partial charge in [0.15, 0.2) is 0 Å². The van der Waals surface area contributed by atoms with Crippen LogP contribution >= 0.6 is 0 Å². The number of anilines is 1. The Morgan fingerprint density at radius 2 is 2.19 bits per heavy atom. The molecule has 2 N–H and O–H groups in total. The molecule has 6 heteroatoms. The summed E-state index contributed by atoms with van der Waals surface area (Å²) in [5.74, 6) is 0. The van der Waals surface area contributed by atoms with E-state index in [0.717, 1.165) is 37.9 Å². The van der Waals surface area contributed by atoms with Crippen LogP contribution < -0.4 is 10.6 Å². The van der Waals surface area contributed by atoms with E-state index in [1.165, 1.54) is 6.07 Å². The lowest BCUT2D eigenvalue weighted by atomic mass is 10.1. The van der Waals surface area contributed by atoms with Crippen molar-refractivity contribution in [3.8, 4) is 0 Å². The number of nitrogens with one attached hydrogen (secondary N) is 2. The van der Waals surface area contributed by atoms with E-state index in [2.05, 4.69) is 10.6 Å². The molecular weight excluding hydrogens is 270 g/mol. The summed E-state index contributed by atoms with van der Waals surface area (Å²) < 4.78 is 5.81. The maximum absolute atomic E-state index is 11.0. The third-order valence-electron chi connectivity index (χ3n) is 3.71. The quantitative estimate of drug-likeness (QED) is 0.459. The van der Waals surface area contributed by atoms with Crippen molar-refractivity contribution in [2.75, 3.05) is 31.6 Å². The van der Waals surface area contributed by atoms with Crippen LogP contribution in [0, 0.1) is 17.0 Å². The number of ether oxygens (including phenoxy) is 1. The summed E-state index contributed by atoms with van der Waals surface area (Å²) in [6.07, 6.45) is 3.34. The van der Waals surface area contributed by atoms with Crippen molar-refractivity contribution in [3.05, 3.63) is 33.9 Å². The lowest BCUT2D eigenvalue weighted by Crippen LogP contribution is -2.32. The Kier molecular flexibility index (Phi) is 5.95. The number of hydrogen-bond acceptors (Lipinski definition) is 5. The first-order valence-electron chi connectivity index (χ1n) is 7.48. The zero-order chi connectivity index (χ0) is 15.1. The summed E-state index contributed by atoms with van der Waals surface area (Å²) in [5, 5.41) is 17.5. The van der Waals surface area contributed by atoms with Crippen LogP contribution in [-0.2, 0) is 4.74 Å². The Hall–Kier alpha value is -1.66. The van der Waals surface area contributed by atoms with Gasteiger partial charge in [-0.15, -0.1) is 0 Å². The topological polar surface area (TPSA) is 76.4 Å². The van der Waals surface area contributed by atoms with Crippen molar-refractivity contribution in [2.45, 2.75) is 32.3 Å². The van der Waals surface area contributed by atoms with Gasteiger partial charge >= 0.3 is 0 Å². The number of para-hydroxylation sites is 1. The molecule has 1 aliphatic heterocycles. The monoisotopic (exact) mass is 293 g/mol. The van der Waals surface area contributed by atoms with Crippen LogP contribution in [0.25, 0.3) is 0 Å². The van der Waals surface area contributed by atoms with E-state index in [0.29, 0.717) is 24.9 Å². The predicted molar refractivity (Wildman–Crippen MR) is 82.8 cm³/mol. The second-order valence-corrected chi connectivity index (χ2v) is 5.33. The predicted octanol–water partition coefficient (Wildman–Crippen LogP) is 2.47. The lowest BCUT2D eigenvalue weighted by molar-refractivity contribution is -0.384. The van der Waals surface area contributed by atoms with Gasteiger partial charge in [0.05, 0.1) is 11.0 Å². The van der Waals surface area contributed by atoms with Crippen LogP contribution in [0.2, 0.25) is 0 Å². The molecule has 0 aromatic heterocycles. The van der Waals surface area contributed by atoms with Crippen LogP contribution in [0.4, 0.5) is 11.4 Å². The van der Waals surface area contributed by atoms with Gasteiger partial charge in [-0.2, -0.15) is 0 Å². The van der Waals surface area contributed by atoms with Crippen molar-refractivity contribution >= 4 is 11.4 Å².